The maximum atomic E-state index is 12.3. The van der Waals surface area contributed by atoms with Crippen molar-refractivity contribution < 1.29 is 9.59 Å². The predicted molar refractivity (Wildman–Crippen MR) is 93.4 cm³/mol. The molecule has 0 heterocycles. The molecular weight excluding hydrogens is 335 g/mol. The number of hydrogen-bond donors (Lipinski definition) is 2. The highest BCUT2D eigenvalue weighted by molar-refractivity contribution is 6.42. The molecular formula is C17H14Cl2N2O2. The molecule has 6 heteroatoms. The number of benzene rings is 2. The van der Waals surface area contributed by atoms with Gasteiger partial charge >= 0.3 is 0 Å². The second-order valence-corrected chi connectivity index (χ2v) is 5.44. The smallest absolute Gasteiger partial charge is 0.255 e. The Kier molecular flexibility index (Phi) is 5.79. The normalized spacial score (nSPS) is 10.0. The number of rotatable bonds is 5. The summed E-state index contributed by atoms with van der Waals surface area (Å²) >= 11 is 11.8. The van der Waals surface area contributed by atoms with Crippen LogP contribution < -0.4 is 10.6 Å². The van der Waals surface area contributed by atoms with E-state index in [2.05, 4.69) is 17.2 Å². The third-order valence-corrected chi connectivity index (χ3v) is 3.75. The molecule has 0 atom stereocenters. The van der Waals surface area contributed by atoms with Crippen LogP contribution in [0.2, 0.25) is 10.0 Å². The molecule has 0 saturated heterocycles. The zero-order valence-corrected chi connectivity index (χ0v) is 13.6. The van der Waals surface area contributed by atoms with E-state index in [0.717, 1.165) is 0 Å². The lowest BCUT2D eigenvalue weighted by Gasteiger charge is -2.11. The average Bonchev–Trinajstić information content (AvgIpc) is 2.55. The van der Waals surface area contributed by atoms with Gasteiger partial charge in [-0.2, -0.15) is 0 Å². The molecule has 0 aromatic heterocycles. The summed E-state index contributed by atoms with van der Waals surface area (Å²) in [5, 5.41) is 6.03. The second-order valence-electron chi connectivity index (χ2n) is 4.63. The largest absolute Gasteiger partial charge is 0.349 e. The number of carbonyl (C=O) groups is 2. The molecule has 0 unspecified atom stereocenters. The zero-order valence-electron chi connectivity index (χ0n) is 12.1. The third-order valence-electron chi connectivity index (χ3n) is 3.01. The maximum absolute atomic E-state index is 12.3. The summed E-state index contributed by atoms with van der Waals surface area (Å²) in [6.07, 6.45) is 1.58. The lowest BCUT2D eigenvalue weighted by Crippen LogP contribution is -2.25. The van der Waals surface area contributed by atoms with E-state index in [1.807, 2.05) is 0 Å². The van der Waals surface area contributed by atoms with E-state index in [4.69, 9.17) is 23.2 Å². The minimum atomic E-state index is -0.382. The van der Waals surface area contributed by atoms with Gasteiger partial charge in [0.2, 0.25) is 0 Å². The molecule has 2 aromatic rings. The predicted octanol–water partition coefficient (Wildman–Crippen LogP) is 4.16. The fraction of sp³-hybridized carbons (Fsp3) is 0.0588. The molecule has 23 heavy (non-hydrogen) atoms. The molecule has 0 aliphatic rings. The number of para-hydroxylation sites is 1. The van der Waals surface area contributed by atoms with Gasteiger partial charge in [-0.05, 0) is 30.3 Å². The first-order chi connectivity index (χ1) is 11.0. The number of carbonyl (C=O) groups excluding carboxylic acids is 2. The Morgan fingerprint density at radius 3 is 2.48 bits per heavy atom. The lowest BCUT2D eigenvalue weighted by atomic mass is 10.1. The third kappa shape index (κ3) is 4.34. The van der Waals surface area contributed by atoms with Gasteiger partial charge in [-0.15, -0.1) is 6.58 Å². The van der Waals surface area contributed by atoms with E-state index in [-0.39, 0.29) is 16.8 Å². The van der Waals surface area contributed by atoms with Crippen molar-refractivity contribution in [1.82, 2.24) is 5.32 Å². The summed E-state index contributed by atoms with van der Waals surface area (Å²) in [6.45, 7) is 3.89. The van der Waals surface area contributed by atoms with E-state index in [9.17, 15) is 9.59 Å². The Labute approximate surface area is 144 Å². The number of nitrogens with one attached hydrogen (secondary N) is 2. The van der Waals surface area contributed by atoms with Crippen molar-refractivity contribution in [3.05, 3.63) is 76.3 Å². The van der Waals surface area contributed by atoms with Crippen LogP contribution in [-0.4, -0.2) is 18.4 Å². The van der Waals surface area contributed by atoms with Gasteiger partial charge in [-0.1, -0.05) is 41.4 Å². The Morgan fingerprint density at radius 1 is 1.04 bits per heavy atom. The molecule has 0 aliphatic heterocycles. The van der Waals surface area contributed by atoms with Gasteiger partial charge in [0.1, 0.15) is 0 Å². The van der Waals surface area contributed by atoms with Crippen LogP contribution in [-0.2, 0) is 0 Å². The number of halogens is 2. The van der Waals surface area contributed by atoms with Crippen LogP contribution in [0.1, 0.15) is 20.7 Å². The Balaban J connectivity index is 2.22. The molecule has 2 amide bonds. The Hall–Kier alpha value is -2.30. The maximum Gasteiger partial charge on any atom is 0.255 e. The van der Waals surface area contributed by atoms with Gasteiger partial charge in [0.25, 0.3) is 11.8 Å². The van der Waals surface area contributed by atoms with E-state index >= 15 is 0 Å². The summed E-state index contributed by atoms with van der Waals surface area (Å²) in [7, 11) is 0. The van der Waals surface area contributed by atoms with Crippen molar-refractivity contribution in [2.24, 2.45) is 0 Å². The highest BCUT2D eigenvalue weighted by atomic mass is 35.5. The fourth-order valence-electron chi connectivity index (χ4n) is 1.88. The average molecular weight is 349 g/mol. The molecule has 0 radical (unpaired) electrons. The molecule has 0 fully saturated rings. The monoisotopic (exact) mass is 348 g/mol. The van der Waals surface area contributed by atoms with E-state index < -0.39 is 0 Å². The van der Waals surface area contributed by atoms with Crippen LogP contribution in [0.4, 0.5) is 5.69 Å². The number of amides is 2. The first-order valence-corrected chi connectivity index (χ1v) is 7.53. The first-order valence-electron chi connectivity index (χ1n) is 6.77. The summed E-state index contributed by atoms with van der Waals surface area (Å²) in [4.78, 5) is 24.4. The molecule has 0 spiro atoms. The molecule has 4 nitrogen and oxygen atoms in total. The van der Waals surface area contributed by atoms with Crippen LogP contribution in [0.3, 0.4) is 0 Å². The van der Waals surface area contributed by atoms with Gasteiger partial charge in [-0.3, -0.25) is 9.59 Å². The van der Waals surface area contributed by atoms with Crippen molar-refractivity contribution in [2.45, 2.75) is 0 Å². The van der Waals surface area contributed by atoms with Gasteiger partial charge in [0.15, 0.2) is 0 Å². The van der Waals surface area contributed by atoms with Crippen molar-refractivity contribution in [3.8, 4) is 0 Å². The minimum absolute atomic E-state index is 0.288. The van der Waals surface area contributed by atoms with Crippen LogP contribution in [0.25, 0.3) is 0 Å². The van der Waals surface area contributed by atoms with E-state index in [1.165, 1.54) is 6.07 Å². The Bertz CT molecular complexity index is 760. The van der Waals surface area contributed by atoms with Gasteiger partial charge in [-0.25, -0.2) is 0 Å². The van der Waals surface area contributed by atoms with Crippen LogP contribution >= 0.6 is 23.2 Å². The highest BCUT2D eigenvalue weighted by Crippen LogP contribution is 2.23. The standard InChI is InChI=1S/C17H14Cl2N2O2/c1-2-9-20-17(23)12-5-3-4-6-15(12)21-16(22)11-7-8-13(18)14(19)10-11/h2-8,10H,1,9H2,(H,20,23)(H,21,22). The number of anilines is 1. The SMILES string of the molecule is C=CCNC(=O)c1ccccc1NC(=O)c1ccc(Cl)c(Cl)c1. The zero-order chi connectivity index (χ0) is 16.8. The van der Waals surface area contributed by atoms with Crippen molar-refractivity contribution in [1.29, 1.82) is 0 Å². The van der Waals surface area contributed by atoms with Gasteiger partial charge in [0, 0.05) is 12.1 Å². The summed E-state index contributed by atoms with van der Waals surface area (Å²) in [6, 6.07) is 11.3. The lowest BCUT2D eigenvalue weighted by molar-refractivity contribution is 0.0959. The molecule has 2 N–H and O–H groups in total. The van der Waals surface area contributed by atoms with Crippen molar-refractivity contribution in [3.63, 3.8) is 0 Å². The van der Waals surface area contributed by atoms with Crippen LogP contribution in [0.15, 0.2) is 55.1 Å². The molecule has 118 valence electrons. The minimum Gasteiger partial charge on any atom is -0.349 e. The Morgan fingerprint density at radius 2 is 1.78 bits per heavy atom. The molecule has 0 aliphatic carbocycles. The summed E-state index contributed by atoms with van der Waals surface area (Å²) < 4.78 is 0. The van der Waals surface area contributed by atoms with Gasteiger partial charge in [0.05, 0.1) is 21.3 Å². The number of hydrogen-bond acceptors (Lipinski definition) is 2. The molecule has 0 bridgehead atoms. The topological polar surface area (TPSA) is 58.2 Å². The van der Waals surface area contributed by atoms with Crippen LogP contribution in [0.5, 0.6) is 0 Å². The quantitative estimate of drug-likeness (QED) is 0.797. The van der Waals surface area contributed by atoms with E-state index in [0.29, 0.717) is 28.4 Å². The van der Waals surface area contributed by atoms with Gasteiger partial charge < -0.3 is 10.6 Å². The summed E-state index contributed by atoms with van der Waals surface area (Å²) in [5.41, 5.74) is 1.12. The molecule has 2 aromatic carbocycles. The molecule has 2 rings (SSSR count). The summed E-state index contributed by atoms with van der Waals surface area (Å²) in [5.74, 6) is -0.678. The second kappa shape index (κ2) is 7.81. The molecule has 0 saturated carbocycles. The van der Waals surface area contributed by atoms with Crippen molar-refractivity contribution >= 4 is 40.7 Å². The van der Waals surface area contributed by atoms with E-state index in [1.54, 1.807) is 42.5 Å². The fourth-order valence-corrected chi connectivity index (χ4v) is 2.18. The van der Waals surface area contributed by atoms with Crippen LogP contribution in [0, 0.1) is 0 Å². The highest BCUT2D eigenvalue weighted by Gasteiger charge is 2.14. The van der Waals surface area contributed by atoms with Crippen molar-refractivity contribution in [2.75, 3.05) is 11.9 Å². The first kappa shape index (κ1) is 17.1.